The van der Waals surface area contributed by atoms with Gasteiger partial charge in [0.25, 0.3) is 0 Å². The van der Waals surface area contributed by atoms with Crippen LogP contribution in [0.5, 0.6) is 0 Å². The van der Waals surface area contributed by atoms with Crippen molar-refractivity contribution in [3.8, 4) is 0 Å². The van der Waals surface area contributed by atoms with E-state index < -0.39 is 0 Å². The van der Waals surface area contributed by atoms with E-state index in [4.69, 9.17) is 0 Å². The van der Waals surface area contributed by atoms with Crippen LogP contribution >= 0.6 is 0 Å². The van der Waals surface area contributed by atoms with Crippen LogP contribution in [0.3, 0.4) is 0 Å². The molecule has 1 aliphatic carbocycles. The number of nitrogens with zero attached hydrogens (tertiary/aromatic N) is 1. The first-order valence-corrected chi connectivity index (χ1v) is 8.55. The Bertz CT molecular complexity index is 430. The third-order valence-electron chi connectivity index (χ3n) is 5.24. The van der Waals surface area contributed by atoms with Gasteiger partial charge < -0.3 is 5.32 Å². The van der Waals surface area contributed by atoms with Crippen molar-refractivity contribution in [1.29, 1.82) is 0 Å². The first-order valence-electron chi connectivity index (χ1n) is 8.55. The third kappa shape index (κ3) is 4.29. The van der Waals surface area contributed by atoms with Crippen LogP contribution in [0.2, 0.25) is 0 Å². The predicted octanol–water partition coefficient (Wildman–Crippen LogP) is 4.55. The van der Waals surface area contributed by atoms with Gasteiger partial charge in [0.15, 0.2) is 0 Å². The fraction of sp³-hybridized carbons (Fsp3) is 0.737. The number of aromatic nitrogens is 1. The van der Waals surface area contributed by atoms with Gasteiger partial charge in [-0.3, -0.25) is 4.98 Å². The molecule has 2 nitrogen and oxygen atoms in total. The van der Waals surface area contributed by atoms with Crippen LogP contribution in [0.1, 0.15) is 64.1 Å². The lowest BCUT2D eigenvalue weighted by molar-refractivity contribution is 0.129. The Kier molecular flexibility index (Phi) is 5.43. The molecule has 0 aromatic carbocycles. The van der Waals surface area contributed by atoms with Crippen LogP contribution in [-0.2, 0) is 0 Å². The monoisotopic (exact) mass is 288 g/mol. The molecule has 1 fully saturated rings. The molecule has 0 bridgehead atoms. The maximum atomic E-state index is 4.54. The van der Waals surface area contributed by atoms with E-state index in [0.29, 0.717) is 11.3 Å². The highest BCUT2D eigenvalue weighted by Crippen LogP contribution is 2.46. The summed E-state index contributed by atoms with van der Waals surface area (Å²) in [7, 11) is 0. The van der Waals surface area contributed by atoms with E-state index in [0.717, 1.165) is 30.6 Å². The molecule has 1 aromatic heterocycles. The Morgan fingerprint density at radius 3 is 2.57 bits per heavy atom. The highest BCUT2D eigenvalue weighted by molar-refractivity contribution is 5.20. The molecule has 0 radical (unpaired) electrons. The summed E-state index contributed by atoms with van der Waals surface area (Å²) in [6.07, 6.45) is 6.14. The smallest absolute Gasteiger partial charge is 0.0372 e. The summed E-state index contributed by atoms with van der Waals surface area (Å²) in [4.78, 5) is 4.54. The second-order valence-corrected chi connectivity index (χ2v) is 7.78. The topological polar surface area (TPSA) is 24.9 Å². The molecule has 0 spiro atoms. The zero-order chi connectivity index (χ0) is 15.5. The van der Waals surface area contributed by atoms with E-state index in [-0.39, 0.29) is 0 Å². The molecule has 1 saturated carbocycles. The zero-order valence-electron chi connectivity index (χ0n) is 14.4. The molecule has 1 aromatic rings. The molecule has 118 valence electrons. The van der Waals surface area contributed by atoms with Crippen molar-refractivity contribution in [1.82, 2.24) is 10.3 Å². The van der Waals surface area contributed by atoms with Crippen molar-refractivity contribution in [2.45, 2.75) is 59.8 Å². The summed E-state index contributed by atoms with van der Waals surface area (Å²) in [5.41, 5.74) is 2.97. The quantitative estimate of drug-likeness (QED) is 0.879. The fourth-order valence-corrected chi connectivity index (χ4v) is 3.70. The van der Waals surface area contributed by atoms with Gasteiger partial charge in [0.2, 0.25) is 0 Å². The maximum absolute atomic E-state index is 4.54. The van der Waals surface area contributed by atoms with Gasteiger partial charge in [-0.05, 0) is 74.1 Å². The molecule has 3 unspecified atom stereocenters. The average Bonchev–Trinajstić information content (AvgIpc) is 2.45. The van der Waals surface area contributed by atoms with E-state index in [2.05, 4.69) is 63.2 Å². The Balaban J connectivity index is 2.18. The molecule has 0 amide bonds. The van der Waals surface area contributed by atoms with Gasteiger partial charge in [0.1, 0.15) is 0 Å². The van der Waals surface area contributed by atoms with Crippen LogP contribution in [0, 0.1) is 24.2 Å². The molecule has 3 atom stereocenters. The van der Waals surface area contributed by atoms with Gasteiger partial charge in [-0.1, -0.05) is 33.8 Å². The Morgan fingerprint density at radius 2 is 2.00 bits per heavy atom. The Labute approximate surface area is 130 Å². The molecule has 2 heteroatoms. The number of rotatable bonds is 4. The van der Waals surface area contributed by atoms with Crippen molar-refractivity contribution in [2.24, 2.45) is 17.3 Å². The minimum atomic E-state index is 0.416. The van der Waals surface area contributed by atoms with Crippen molar-refractivity contribution >= 4 is 0 Å². The van der Waals surface area contributed by atoms with E-state index in [1.165, 1.54) is 24.8 Å². The largest absolute Gasteiger partial charge is 0.317 e. The molecule has 2 rings (SSSR count). The normalized spacial score (nSPS) is 26.8. The van der Waals surface area contributed by atoms with Gasteiger partial charge in [0.05, 0.1) is 0 Å². The van der Waals surface area contributed by atoms with Gasteiger partial charge in [-0.2, -0.15) is 0 Å². The number of hydrogen-bond donors (Lipinski definition) is 1. The lowest BCUT2D eigenvalue weighted by atomic mass is 9.64. The number of nitrogens with one attached hydrogen (secondary N) is 1. The number of hydrogen-bond acceptors (Lipinski definition) is 2. The molecular formula is C19H32N2. The van der Waals surface area contributed by atoms with Crippen LogP contribution < -0.4 is 5.32 Å². The lowest BCUT2D eigenvalue weighted by Crippen LogP contribution is -2.35. The lowest BCUT2D eigenvalue weighted by Gasteiger charge is -2.42. The van der Waals surface area contributed by atoms with Gasteiger partial charge in [-0.15, -0.1) is 0 Å². The van der Waals surface area contributed by atoms with Crippen LogP contribution in [0.25, 0.3) is 0 Å². The number of pyridine rings is 1. The van der Waals surface area contributed by atoms with Crippen molar-refractivity contribution in [2.75, 3.05) is 13.1 Å². The van der Waals surface area contributed by atoms with E-state index in [1.54, 1.807) is 0 Å². The summed E-state index contributed by atoms with van der Waals surface area (Å²) in [5.74, 6) is 2.24. The Morgan fingerprint density at radius 1 is 1.24 bits per heavy atom. The fourth-order valence-electron chi connectivity index (χ4n) is 3.70. The second-order valence-electron chi connectivity index (χ2n) is 7.78. The second kappa shape index (κ2) is 6.91. The molecule has 1 aliphatic rings. The summed E-state index contributed by atoms with van der Waals surface area (Å²) >= 11 is 0. The predicted molar refractivity (Wildman–Crippen MR) is 90.5 cm³/mol. The molecule has 0 aliphatic heterocycles. The van der Waals surface area contributed by atoms with Gasteiger partial charge in [-0.25, -0.2) is 0 Å². The molecule has 0 saturated heterocycles. The highest BCUT2D eigenvalue weighted by atomic mass is 14.8. The first kappa shape index (κ1) is 16.5. The van der Waals surface area contributed by atoms with E-state index in [9.17, 15) is 0 Å². The summed E-state index contributed by atoms with van der Waals surface area (Å²) < 4.78 is 0. The zero-order valence-corrected chi connectivity index (χ0v) is 14.4. The molecular weight excluding hydrogens is 256 g/mol. The summed E-state index contributed by atoms with van der Waals surface area (Å²) in [6.45, 7) is 13.7. The van der Waals surface area contributed by atoms with Crippen molar-refractivity contribution in [3.63, 3.8) is 0 Å². The minimum Gasteiger partial charge on any atom is -0.317 e. The van der Waals surface area contributed by atoms with Gasteiger partial charge in [0, 0.05) is 11.9 Å². The van der Waals surface area contributed by atoms with E-state index in [1.807, 2.05) is 0 Å². The van der Waals surface area contributed by atoms with Gasteiger partial charge >= 0.3 is 0 Å². The Hall–Kier alpha value is -0.890. The maximum Gasteiger partial charge on any atom is 0.0372 e. The van der Waals surface area contributed by atoms with Crippen molar-refractivity contribution < 1.29 is 0 Å². The standard InChI is InChI=1S/C19H32N2/c1-6-20-12-15-9-10-17(19(3,4)5)11-18(15)16-8-7-14(2)21-13-16/h7-8,13,15,17-18,20H,6,9-12H2,1-5H3. The van der Waals surface area contributed by atoms with Crippen molar-refractivity contribution in [3.05, 3.63) is 29.6 Å². The third-order valence-corrected chi connectivity index (χ3v) is 5.24. The van der Waals surface area contributed by atoms with Crippen LogP contribution in [-0.4, -0.2) is 18.1 Å². The van der Waals surface area contributed by atoms with Crippen LogP contribution in [0.15, 0.2) is 18.3 Å². The van der Waals surface area contributed by atoms with Crippen LogP contribution in [0.4, 0.5) is 0 Å². The highest BCUT2D eigenvalue weighted by Gasteiger charge is 2.36. The molecule has 1 heterocycles. The van der Waals surface area contributed by atoms with E-state index >= 15 is 0 Å². The summed E-state index contributed by atoms with van der Waals surface area (Å²) in [5, 5.41) is 3.56. The molecule has 1 N–H and O–H groups in total. The molecule has 21 heavy (non-hydrogen) atoms. The SMILES string of the molecule is CCNCC1CCC(C(C)(C)C)CC1c1ccc(C)nc1. The summed E-state index contributed by atoms with van der Waals surface area (Å²) in [6, 6.07) is 4.47. The first-order chi connectivity index (χ1) is 9.91. The number of aryl methyl sites for hydroxylation is 1. The average molecular weight is 288 g/mol. The minimum absolute atomic E-state index is 0.416.